The van der Waals surface area contributed by atoms with Crippen LogP contribution in [-0.4, -0.2) is 155 Å². The number of amidine groups is 4. The van der Waals surface area contributed by atoms with Gasteiger partial charge in [0.25, 0.3) is 23.6 Å². The van der Waals surface area contributed by atoms with Gasteiger partial charge in [0.1, 0.15) is 44.9 Å². The maximum Gasteiger partial charge on any atom is 0.338 e. The fourth-order valence-electron chi connectivity index (χ4n) is 8.28. The Morgan fingerprint density at radius 2 is 0.659 bits per heavy atom. The van der Waals surface area contributed by atoms with Crippen molar-refractivity contribution >= 4 is 70.8 Å². The third kappa shape index (κ3) is 14.5. The van der Waals surface area contributed by atoms with Gasteiger partial charge in [0.05, 0.1) is 42.1 Å². The van der Waals surface area contributed by atoms with Gasteiger partial charge in [-0.3, -0.25) is 39.1 Å². The van der Waals surface area contributed by atoms with E-state index in [4.69, 9.17) is 19.3 Å². The molecule has 27 heteroatoms. The van der Waals surface area contributed by atoms with Crippen molar-refractivity contribution in [2.45, 2.75) is 125 Å². The second kappa shape index (κ2) is 27.1. The molecule has 8 N–H and O–H groups in total. The van der Waals surface area contributed by atoms with Gasteiger partial charge < -0.3 is 55.9 Å². The van der Waals surface area contributed by atoms with Gasteiger partial charge >= 0.3 is 23.9 Å². The van der Waals surface area contributed by atoms with E-state index in [-0.39, 0.29) is 135 Å². The molecule has 0 spiro atoms. The summed E-state index contributed by atoms with van der Waals surface area (Å²) in [6.45, 7) is 22.8. The van der Waals surface area contributed by atoms with Crippen LogP contribution in [0.15, 0.2) is 75.1 Å². The van der Waals surface area contributed by atoms with E-state index >= 15 is 0 Å². The molecule has 4 aromatic heterocycles. The topological polar surface area (TPSA) is 394 Å². The summed E-state index contributed by atoms with van der Waals surface area (Å²) in [5, 5.41) is 47.8. The fourth-order valence-corrected chi connectivity index (χ4v) is 8.28. The molecule has 454 valence electrons. The third-order valence-corrected chi connectivity index (χ3v) is 15.0. The lowest BCUT2D eigenvalue weighted by Crippen LogP contribution is -2.41. The van der Waals surface area contributed by atoms with Crippen LogP contribution in [0.3, 0.4) is 0 Å². The maximum atomic E-state index is 12.2. The van der Waals surface area contributed by atoms with Crippen molar-refractivity contribution in [3.8, 4) is 0 Å². The summed E-state index contributed by atoms with van der Waals surface area (Å²) in [5.41, 5.74) is -1.08. The molecule has 0 saturated carbocycles. The van der Waals surface area contributed by atoms with Crippen molar-refractivity contribution in [1.82, 2.24) is 41.2 Å². The number of rotatable bonds is 18. The molecule has 0 aromatic carbocycles. The number of methoxy groups -OCH3 is 3. The number of aliphatic imine (C=N–C) groups is 4. The third-order valence-electron chi connectivity index (χ3n) is 15.0. The number of ether oxygens (including phenoxy) is 3. The molecule has 4 aliphatic rings. The Hall–Kier alpha value is -9.08. The molecule has 85 heavy (non-hydrogen) atoms. The first-order chi connectivity index (χ1) is 39.7. The lowest BCUT2D eigenvalue weighted by atomic mass is 9.89. The van der Waals surface area contributed by atoms with Gasteiger partial charge in [0.2, 0.25) is 0 Å². The van der Waals surface area contributed by atoms with Crippen molar-refractivity contribution in [2.75, 3.05) is 21.3 Å². The molecule has 0 bridgehead atoms. The van der Waals surface area contributed by atoms with Crippen LogP contribution in [0.4, 0.5) is 0 Å². The minimum absolute atomic E-state index is 0.00184. The predicted molar refractivity (Wildman–Crippen MR) is 309 cm³/mol. The predicted octanol–water partition coefficient (Wildman–Crippen LogP) is 4.72. The number of hydrogen-bond donors (Lipinski definition) is 8. The second-order valence-electron chi connectivity index (χ2n) is 22.0. The highest BCUT2D eigenvalue weighted by Gasteiger charge is 2.46. The molecule has 0 saturated heterocycles. The van der Waals surface area contributed by atoms with Gasteiger partial charge in [-0.25, -0.2) is 39.1 Å². The van der Waals surface area contributed by atoms with Crippen molar-refractivity contribution in [2.24, 2.45) is 43.6 Å². The zero-order valence-electron chi connectivity index (χ0n) is 50.0. The number of pyridine rings is 4. The number of nitrogens with one attached hydrogen (secondary N) is 4. The van der Waals surface area contributed by atoms with Crippen molar-refractivity contribution < 1.29 is 73.0 Å². The van der Waals surface area contributed by atoms with Crippen LogP contribution in [0, 0.1) is 23.7 Å². The summed E-state index contributed by atoms with van der Waals surface area (Å²) in [6.07, 6.45) is 6.03. The van der Waals surface area contributed by atoms with Crippen molar-refractivity contribution in [3.63, 3.8) is 0 Å². The van der Waals surface area contributed by atoms with Crippen LogP contribution in [0.1, 0.15) is 164 Å². The SMILES string of the molecule is CC(C)C1(C)N=C(c2ncccc2C(=O)O)NC1=O.COCc1cnc(C2=NC(C)(C(C)C)C(=O)N2)c(C(=O)O)c1.COCc1cnc(C2=NC(C)(C(C)C)C(=O)N2)c(C(=O)O)c1.COCc1cnc(C2=NC(C)(C(C)C)C(=O)N2)c(C(=O)O)c1. The van der Waals surface area contributed by atoms with Crippen molar-refractivity contribution in [1.29, 1.82) is 0 Å². The number of nitrogens with zero attached hydrogens (tertiary/aromatic N) is 8. The van der Waals surface area contributed by atoms with Crippen LogP contribution in [0.25, 0.3) is 0 Å². The highest BCUT2D eigenvalue weighted by atomic mass is 16.5. The summed E-state index contributed by atoms with van der Waals surface area (Å²) in [4.78, 5) is 128. The molecule has 0 fully saturated rings. The minimum atomic E-state index is -1.13. The van der Waals surface area contributed by atoms with E-state index in [1.807, 2.05) is 55.4 Å². The molecular formula is C58H72N12O15. The number of carbonyl (C=O) groups is 8. The Labute approximate surface area is 490 Å². The Bertz CT molecular complexity index is 3160. The monoisotopic (exact) mass is 1180 g/mol. The van der Waals surface area contributed by atoms with E-state index < -0.39 is 46.0 Å². The van der Waals surface area contributed by atoms with Crippen molar-refractivity contribution in [3.05, 3.63) is 117 Å². The molecule has 0 radical (unpaired) electrons. The van der Waals surface area contributed by atoms with Crippen LogP contribution in [0.2, 0.25) is 0 Å². The molecule has 4 amide bonds. The van der Waals surface area contributed by atoms with E-state index in [0.29, 0.717) is 16.7 Å². The van der Waals surface area contributed by atoms with E-state index in [1.54, 1.807) is 27.7 Å². The Balaban J connectivity index is 0.000000207. The molecule has 8 rings (SSSR count). The zero-order valence-corrected chi connectivity index (χ0v) is 50.0. The molecule has 4 atom stereocenters. The molecule has 0 aliphatic carbocycles. The first-order valence-corrected chi connectivity index (χ1v) is 26.7. The van der Waals surface area contributed by atoms with E-state index in [9.17, 15) is 53.7 Å². The molecule has 8 heterocycles. The highest BCUT2D eigenvalue weighted by Crippen LogP contribution is 2.31. The van der Waals surface area contributed by atoms with Gasteiger partial charge in [-0.05, 0) is 98.4 Å². The fraction of sp³-hybridized carbons (Fsp3) is 0.448. The van der Waals surface area contributed by atoms with Gasteiger partial charge in [-0.2, -0.15) is 0 Å². The lowest BCUT2D eigenvalue weighted by Gasteiger charge is -2.21. The average molecular weight is 1180 g/mol. The summed E-state index contributed by atoms with van der Waals surface area (Å²) >= 11 is 0. The maximum absolute atomic E-state index is 12.2. The first-order valence-electron chi connectivity index (χ1n) is 26.7. The van der Waals surface area contributed by atoms with Gasteiger partial charge in [-0.15, -0.1) is 0 Å². The Morgan fingerprint density at radius 1 is 0.424 bits per heavy atom. The summed E-state index contributed by atoms with van der Waals surface area (Å²) in [5.74, 6) is -4.74. The number of aromatic carboxylic acids is 4. The number of carboxylic acids is 4. The zero-order chi connectivity index (χ0) is 63.7. The smallest absolute Gasteiger partial charge is 0.338 e. The van der Waals surface area contributed by atoms with Gasteiger partial charge in [0.15, 0.2) is 23.3 Å². The number of carbonyl (C=O) groups excluding carboxylic acids is 4. The molecule has 27 nitrogen and oxygen atoms in total. The largest absolute Gasteiger partial charge is 0.478 e. The number of carboxylic acid groups (broad SMARTS) is 4. The van der Waals surface area contributed by atoms with Crippen LogP contribution >= 0.6 is 0 Å². The van der Waals surface area contributed by atoms with Crippen LogP contribution in [0.5, 0.6) is 0 Å². The Kier molecular flexibility index (Phi) is 21.3. The molecular weight excluding hydrogens is 1100 g/mol. The molecule has 4 aliphatic heterocycles. The Morgan fingerprint density at radius 3 is 0.859 bits per heavy atom. The summed E-state index contributed by atoms with van der Waals surface area (Å²) in [7, 11) is 4.55. The van der Waals surface area contributed by atoms with E-state index in [2.05, 4.69) is 61.2 Å². The normalized spacial score (nSPS) is 21.3. The second-order valence-corrected chi connectivity index (χ2v) is 22.0. The standard InChI is InChI=1S/3C15H19N3O4.C13H15N3O3/c3*1-8(2)15(3)14(21)17-12(18-15)11-10(13(19)20)5-9(6-16-11)7-22-4;1-7(2)13(3)12(19)15-10(16-13)9-8(11(17)18)5-4-6-14-9/h3*5-6,8H,7H2,1-4H3,(H,19,20)(H,17,18,21);4-7H,1-3H3,(H,17,18)(H,15,16,19). The summed E-state index contributed by atoms with van der Waals surface area (Å²) < 4.78 is 14.9. The lowest BCUT2D eigenvalue weighted by molar-refractivity contribution is -0.125. The van der Waals surface area contributed by atoms with Crippen LogP contribution in [-0.2, 0) is 53.2 Å². The van der Waals surface area contributed by atoms with Crippen LogP contribution < -0.4 is 21.3 Å². The number of amides is 4. The van der Waals surface area contributed by atoms with E-state index in [0.717, 1.165) is 0 Å². The number of aromatic nitrogens is 4. The van der Waals surface area contributed by atoms with E-state index in [1.165, 1.54) is 76.4 Å². The molecule has 4 aromatic rings. The summed E-state index contributed by atoms with van der Waals surface area (Å²) in [6, 6.07) is 7.41. The van der Waals surface area contributed by atoms with Gasteiger partial charge in [0, 0.05) is 46.1 Å². The first kappa shape index (κ1) is 66.7. The highest BCUT2D eigenvalue weighted by molar-refractivity contribution is 6.20. The average Bonchev–Trinajstić information content (AvgIpc) is 2.11. The minimum Gasteiger partial charge on any atom is -0.478 e. The number of hydrogen-bond acceptors (Lipinski definition) is 19. The van der Waals surface area contributed by atoms with Gasteiger partial charge in [-0.1, -0.05) is 55.4 Å². The quantitative estimate of drug-likeness (QED) is 0.0668. The molecule has 4 unspecified atom stereocenters.